The molecule has 2 N–H and O–H groups in total. The molecular formula is C20H20N2O4S. The van der Waals surface area contributed by atoms with E-state index in [1.807, 2.05) is 12.1 Å². The van der Waals surface area contributed by atoms with Crippen molar-refractivity contribution in [1.29, 1.82) is 0 Å². The topological polar surface area (TPSA) is 88.4 Å². The molecule has 0 spiro atoms. The van der Waals surface area contributed by atoms with Gasteiger partial charge in [0.05, 0.1) is 11.2 Å². The van der Waals surface area contributed by atoms with E-state index in [1.54, 1.807) is 48.7 Å². The van der Waals surface area contributed by atoms with Gasteiger partial charge in [-0.3, -0.25) is 9.52 Å². The van der Waals surface area contributed by atoms with Crippen LogP contribution >= 0.6 is 0 Å². The Kier molecular flexibility index (Phi) is 5.93. The Balaban J connectivity index is 1.61. The Morgan fingerprint density at radius 3 is 2.52 bits per heavy atom. The van der Waals surface area contributed by atoms with Crippen LogP contribution in [0.5, 0.6) is 0 Å². The van der Waals surface area contributed by atoms with Crippen LogP contribution in [0, 0.1) is 0 Å². The number of hydrogen-bond donors (Lipinski definition) is 2. The number of para-hydroxylation sites is 1. The van der Waals surface area contributed by atoms with Gasteiger partial charge in [-0.15, -0.1) is 0 Å². The van der Waals surface area contributed by atoms with Gasteiger partial charge >= 0.3 is 0 Å². The summed E-state index contributed by atoms with van der Waals surface area (Å²) in [6.45, 7) is 0.471. The predicted octanol–water partition coefficient (Wildman–Crippen LogP) is 3.44. The van der Waals surface area contributed by atoms with E-state index in [1.165, 1.54) is 12.1 Å². The molecule has 3 aromatic rings. The van der Waals surface area contributed by atoms with Crippen LogP contribution in [0.15, 0.2) is 82.3 Å². The lowest BCUT2D eigenvalue weighted by molar-refractivity contribution is 0.0953. The number of hydrogen-bond acceptors (Lipinski definition) is 4. The Labute approximate surface area is 158 Å². The maximum atomic E-state index is 12.5. The SMILES string of the molecule is O=C(NCCCc1ccco1)c1cccc(S(=O)(=O)Nc2ccccc2)c1. The number of furan rings is 1. The first-order chi connectivity index (χ1) is 13.0. The number of anilines is 1. The van der Waals surface area contributed by atoms with Crippen molar-refractivity contribution >= 4 is 21.6 Å². The Bertz CT molecular complexity index is 984. The fraction of sp³-hybridized carbons (Fsp3) is 0.150. The van der Waals surface area contributed by atoms with Gasteiger partial charge in [-0.1, -0.05) is 24.3 Å². The average Bonchev–Trinajstić information content (AvgIpc) is 3.19. The molecule has 0 atom stereocenters. The smallest absolute Gasteiger partial charge is 0.261 e. The van der Waals surface area contributed by atoms with E-state index in [0.29, 0.717) is 17.8 Å². The maximum Gasteiger partial charge on any atom is 0.261 e. The van der Waals surface area contributed by atoms with Crippen molar-refractivity contribution < 1.29 is 17.6 Å². The maximum absolute atomic E-state index is 12.5. The van der Waals surface area contributed by atoms with Crippen LogP contribution in [0.2, 0.25) is 0 Å². The molecule has 0 aliphatic rings. The normalized spacial score (nSPS) is 11.1. The van der Waals surface area contributed by atoms with Crippen molar-refractivity contribution in [3.05, 3.63) is 84.3 Å². The van der Waals surface area contributed by atoms with Crippen molar-refractivity contribution in [2.24, 2.45) is 0 Å². The molecule has 0 aliphatic carbocycles. The molecule has 140 valence electrons. The molecule has 6 nitrogen and oxygen atoms in total. The van der Waals surface area contributed by atoms with Gasteiger partial charge in [0.25, 0.3) is 15.9 Å². The molecule has 0 unspecified atom stereocenters. The molecule has 2 aromatic carbocycles. The van der Waals surface area contributed by atoms with Crippen LogP contribution in [-0.2, 0) is 16.4 Å². The summed E-state index contributed by atoms with van der Waals surface area (Å²) in [5.41, 5.74) is 0.759. The van der Waals surface area contributed by atoms with Crippen molar-refractivity contribution in [2.45, 2.75) is 17.7 Å². The summed E-state index contributed by atoms with van der Waals surface area (Å²) < 4.78 is 32.8. The highest BCUT2D eigenvalue weighted by molar-refractivity contribution is 7.92. The molecule has 0 saturated heterocycles. The van der Waals surface area contributed by atoms with Gasteiger partial charge in [-0.05, 0) is 48.9 Å². The summed E-state index contributed by atoms with van der Waals surface area (Å²) in [5, 5.41) is 2.79. The Morgan fingerprint density at radius 2 is 1.78 bits per heavy atom. The molecule has 0 radical (unpaired) electrons. The first-order valence-corrected chi connectivity index (χ1v) is 10.0. The largest absolute Gasteiger partial charge is 0.469 e. The minimum atomic E-state index is -3.77. The van der Waals surface area contributed by atoms with Crippen molar-refractivity contribution in [3.8, 4) is 0 Å². The van der Waals surface area contributed by atoms with Gasteiger partial charge in [0.1, 0.15) is 5.76 Å². The molecule has 7 heteroatoms. The van der Waals surface area contributed by atoms with Gasteiger partial charge in [0.2, 0.25) is 0 Å². The highest BCUT2D eigenvalue weighted by atomic mass is 32.2. The quantitative estimate of drug-likeness (QED) is 0.582. The highest BCUT2D eigenvalue weighted by Gasteiger charge is 2.16. The van der Waals surface area contributed by atoms with Crippen LogP contribution in [-0.4, -0.2) is 20.9 Å². The number of nitrogens with one attached hydrogen (secondary N) is 2. The van der Waals surface area contributed by atoms with Crippen molar-refractivity contribution in [2.75, 3.05) is 11.3 Å². The van der Waals surface area contributed by atoms with E-state index in [2.05, 4.69) is 10.0 Å². The number of rotatable bonds is 8. The summed E-state index contributed by atoms with van der Waals surface area (Å²) in [5.74, 6) is 0.551. The first-order valence-electron chi connectivity index (χ1n) is 8.53. The molecule has 27 heavy (non-hydrogen) atoms. The van der Waals surface area contributed by atoms with Crippen molar-refractivity contribution in [1.82, 2.24) is 5.32 Å². The first kappa shape index (κ1) is 18.7. The molecule has 1 aromatic heterocycles. The predicted molar refractivity (Wildman–Crippen MR) is 103 cm³/mol. The summed E-state index contributed by atoms with van der Waals surface area (Å²) in [6.07, 6.45) is 3.07. The number of benzene rings is 2. The number of sulfonamides is 1. The fourth-order valence-corrected chi connectivity index (χ4v) is 3.65. The summed E-state index contributed by atoms with van der Waals surface area (Å²) >= 11 is 0. The third-order valence-electron chi connectivity index (χ3n) is 3.90. The standard InChI is InChI=1S/C20H20N2O4S/c23-20(21-13-5-10-18-11-6-14-26-18)16-7-4-12-19(15-16)27(24,25)22-17-8-2-1-3-9-17/h1-4,6-9,11-12,14-15,22H,5,10,13H2,(H,21,23). The summed E-state index contributed by atoms with van der Waals surface area (Å²) in [7, 11) is -3.77. The molecular weight excluding hydrogens is 364 g/mol. The van der Waals surface area contributed by atoms with Crippen LogP contribution < -0.4 is 10.0 Å². The minimum absolute atomic E-state index is 0.0367. The van der Waals surface area contributed by atoms with E-state index < -0.39 is 10.0 Å². The van der Waals surface area contributed by atoms with Gasteiger partial charge in [0.15, 0.2) is 0 Å². The molecule has 3 rings (SSSR count). The zero-order chi connectivity index (χ0) is 19.1. The average molecular weight is 384 g/mol. The van der Waals surface area contributed by atoms with Crippen LogP contribution in [0.3, 0.4) is 0 Å². The van der Waals surface area contributed by atoms with E-state index in [-0.39, 0.29) is 10.8 Å². The van der Waals surface area contributed by atoms with Gasteiger partial charge in [-0.25, -0.2) is 8.42 Å². The zero-order valence-corrected chi connectivity index (χ0v) is 15.4. The molecule has 0 aliphatic heterocycles. The van der Waals surface area contributed by atoms with Crippen LogP contribution in [0.25, 0.3) is 0 Å². The summed E-state index contributed by atoms with van der Waals surface area (Å²) in [6, 6.07) is 18.3. The third kappa shape index (κ3) is 5.21. The molecule has 0 bridgehead atoms. The number of carbonyl (C=O) groups excluding carboxylic acids is 1. The Hall–Kier alpha value is -3.06. The third-order valence-corrected chi connectivity index (χ3v) is 5.28. The minimum Gasteiger partial charge on any atom is -0.469 e. The van der Waals surface area contributed by atoms with E-state index in [9.17, 15) is 13.2 Å². The van der Waals surface area contributed by atoms with Gasteiger partial charge < -0.3 is 9.73 Å². The van der Waals surface area contributed by atoms with Crippen molar-refractivity contribution in [3.63, 3.8) is 0 Å². The second-order valence-electron chi connectivity index (χ2n) is 5.94. The lowest BCUT2D eigenvalue weighted by atomic mass is 10.2. The van der Waals surface area contributed by atoms with Gasteiger partial charge in [0, 0.05) is 24.2 Å². The number of aryl methyl sites for hydroxylation is 1. The second kappa shape index (κ2) is 8.55. The number of amides is 1. The number of carbonyl (C=O) groups is 1. The lowest BCUT2D eigenvalue weighted by Crippen LogP contribution is -2.25. The molecule has 1 amide bonds. The Morgan fingerprint density at radius 1 is 0.963 bits per heavy atom. The lowest BCUT2D eigenvalue weighted by Gasteiger charge is -2.10. The monoisotopic (exact) mass is 384 g/mol. The molecule has 0 fully saturated rings. The van der Waals surface area contributed by atoms with E-state index in [0.717, 1.165) is 18.6 Å². The van der Waals surface area contributed by atoms with Crippen LogP contribution in [0.4, 0.5) is 5.69 Å². The molecule has 0 saturated carbocycles. The zero-order valence-electron chi connectivity index (χ0n) is 14.6. The molecule has 1 heterocycles. The fourth-order valence-electron chi connectivity index (χ4n) is 2.55. The van der Waals surface area contributed by atoms with E-state index >= 15 is 0 Å². The van der Waals surface area contributed by atoms with Gasteiger partial charge in [-0.2, -0.15) is 0 Å². The highest BCUT2D eigenvalue weighted by Crippen LogP contribution is 2.17. The van der Waals surface area contributed by atoms with E-state index in [4.69, 9.17) is 4.42 Å². The second-order valence-corrected chi connectivity index (χ2v) is 7.62. The van der Waals surface area contributed by atoms with Crippen LogP contribution in [0.1, 0.15) is 22.5 Å². The summed E-state index contributed by atoms with van der Waals surface area (Å²) in [4.78, 5) is 12.3.